The highest BCUT2D eigenvalue weighted by molar-refractivity contribution is 5.88. The molecule has 3 atom stereocenters. The number of alkyl carbamates (subject to hydrolysis) is 1. The Hall–Kier alpha value is -2.65. The quantitative estimate of drug-likeness (QED) is 0.340. The zero-order valence-corrected chi connectivity index (χ0v) is 24.1. The molecule has 0 aromatic rings. The first-order chi connectivity index (χ1) is 18.5. The zero-order chi connectivity index (χ0) is 28.6. The average Bonchev–Trinajstić information content (AvgIpc) is 3.18. The molecule has 2 unspecified atom stereocenters. The van der Waals surface area contributed by atoms with Gasteiger partial charge in [-0.25, -0.2) is 4.79 Å². The van der Waals surface area contributed by atoms with Crippen LogP contribution in [0.4, 0.5) is 4.79 Å². The van der Waals surface area contributed by atoms with Gasteiger partial charge in [-0.05, 0) is 69.6 Å². The summed E-state index contributed by atoms with van der Waals surface area (Å²) in [6.45, 7) is 8.83. The van der Waals surface area contributed by atoms with Gasteiger partial charge in [0, 0.05) is 31.5 Å². The normalized spacial score (nSPS) is 26.0. The second-order valence-corrected chi connectivity index (χ2v) is 12.3. The van der Waals surface area contributed by atoms with Gasteiger partial charge in [0.15, 0.2) is 0 Å². The molecule has 10 heteroatoms. The van der Waals surface area contributed by atoms with Crippen LogP contribution < -0.4 is 16.0 Å². The lowest BCUT2D eigenvalue weighted by molar-refractivity contribution is -0.130. The minimum atomic E-state index is -0.845. The number of carbonyl (C=O) groups is 5. The Morgan fingerprint density at radius 1 is 1.13 bits per heavy atom. The summed E-state index contributed by atoms with van der Waals surface area (Å²) in [4.78, 5) is 64.0. The average molecular weight is 549 g/mol. The van der Waals surface area contributed by atoms with E-state index in [0.717, 1.165) is 32.1 Å². The second kappa shape index (κ2) is 14.1. The Bertz CT molecular complexity index is 877. The van der Waals surface area contributed by atoms with Crippen LogP contribution in [0, 0.1) is 17.8 Å². The molecule has 4 amide bonds. The summed E-state index contributed by atoms with van der Waals surface area (Å²) < 4.78 is 5.64. The van der Waals surface area contributed by atoms with Gasteiger partial charge in [-0.15, -0.1) is 0 Å². The number of aldehydes is 1. The van der Waals surface area contributed by atoms with Crippen LogP contribution in [0.15, 0.2) is 0 Å². The molecule has 2 aliphatic heterocycles. The lowest BCUT2D eigenvalue weighted by Gasteiger charge is -2.39. The highest BCUT2D eigenvalue weighted by atomic mass is 16.6. The van der Waals surface area contributed by atoms with E-state index >= 15 is 0 Å². The molecule has 1 spiro atoms. The molecule has 10 nitrogen and oxygen atoms in total. The van der Waals surface area contributed by atoms with E-state index in [1.807, 2.05) is 13.8 Å². The Balaban J connectivity index is 1.51. The minimum Gasteiger partial charge on any atom is -0.446 e. The number of likely N-dealkylation sites (tertiary alicyclic amines) is 1. The van der Waals surface area contributed by atoms with Gasteiger partial charge < -0.3 is 30.4 Å². The number of amides is 4. The van der Waals surface area contributed by atoms with Crippen LogP contribution >= 0.6 is 0 Å². The van der Waals surface area contributed by atoms with E-state index in [1.54, 1.807) is 11.8 Å². The fourth-order valence-electron chi connectivity index (χ4n) is 6.46. The number of carbonyl (C=O) groups excluding carboxylic acids is 5. The Kier molecular flexibility index (Phi) is 11.2. The Morgan fingerprint density at radius 3 is 2.36 bits per heavy atom. The summed E-state index contributed by atoms with van der Waals surface area (Å²) in [7, 11) is 0. The van der Waals surface area contributed by atoms with Crippen molar-refractivity contribution < 1.29 is 28.7 Å². The van der Waals surface area contributed by atoms with Crippen molar-refractivity contribution in [2.75, 3.05) is 13.1 Å². The molecule has 3 rings (SSSR count). The van der Waals surface area contributed by atoms with E-state index in [0.29, 0.717) is 51.0 Å². The third-order valence-electron chi connectivity index (χ3n) is 8.67. The molecule has 2 heterocycles. The molecule has 1 saturated carbocycles. The van der Waals surface area contributed by atoms with Crippen LogP contribution in [0.1, 0.15) is 98.3 Å². The molecule has 39 heavy (non-hydrogen) atoms. The molecule has 3 aliphatic rings. The number of nitrogens with one attached hydrogen (secondary N) is 3. The summed E-state index contributed by atoms with van der Waals surface area (Å²) in [5, 5.41) is 8.58. The standard InChI is InChI=1S/C29H48N4O6/c1-5-6-21-7-9-24(10-8-21)39-28(38)31-25(15-19(2)3)27(37)30-23(18-34)16-22-17-29(32-26(22)36)11-13-33(14-12-29)20(4)35/h18-19,21-25H,5-17H2,1-4H3,(H,30,37)(H,31,38)(H,32,36)/t21?,22?,23?,24?,25-/m0/s1. The van der Waals surface area contributed by atoms with Gasteiger partial charge in [-0.3, -0.25) is 14.4 Å². The number of piperidine rings is 1. The van der Waals surface area contributed by atoms with Crippen molar-refractivity contribution in [1.29, 1.82) is 0 Å². The molecular formula is C29H48N4O6. The van der Waals surface area contributed by atoms with E-state index in [-0.39, 0.29) is 35.8 Å². The minimum absolute atomic E-state index is 0.0299. The van der Waals surface area contributed by atoms with Gasteiger partial charge in [0.1, 0.15) is 18.4 Å². The molecule has 2 saturated heterocycles. The first-order valence-corrected chi connectivity index (χ1v) is 14.8. The highest BCUT2D eigenvalue weighted by Crippen LogP contribution is 2.36. The van der Waals surface area contributed by atoms with Gasteiger partial charge in [0.2, 0.25) is 17.7 Å². The molecule has 3 N–H and O–H groups in total. The summed E-state index contributed by atoms with van der Waals surface area (Å²) in [5.74, 6) is -0.130. The molecule has 0 radical (unpaired) electrons. The molecular weight excluding hydrogens is 500 g/mol. The summed E-state index contributed by atoms with van der Waals surface area (Å²) in [5.41, 5.74) is -0.369. The summed E-state index contributed by atoms with van der Waals surface area (Å²) in [6, 6.07) is -1.68. The zero-order valence-electron chi connectivity index (χ0n) is 24.1. The van der Waals surface area contributed by atoms with Crippen LogP contribution in [0.2, 0.25) is 0 Å². The van der Waals surface area contributed by atoms with E-state index in [1.165, 1.54) is 6.42 Å². The fourth-order valence-corrected chi connectivity index (χ4v) is 6.46. The van der Waals surface area contributed by atoms with Crippen LogP contribution in [-0.4, -0.2) is 71.8 Å². The number of rotatable bonds is 11. The van der Waals surface area contributed by atoms with Crippen molar-refractivity contribution in [3.63, 3.8) is 0 Å². The summed E-state index contributed by atoms with van der Waals surface area (Å²) >= 11 is 0. The molecule has 3 fully saturated rings. The lowest BCUT2D eigenvalue weighted by atomic mass is 9.82. The molecule has 0 aromatic carbocycles. The van der Waals surface area contributed by atoms with Crippen molar-refractivity contribution in [2.24, 2.45) is 17.8 Å². The molecule has 0 bridgehead atoms. The maximum absolute atomic E-state index is 13.2. The van der Waals surface area contributed by atoms with Crippen LogP contribution in [0.25, 0.3) is 0 Å². The second-order valence-electron chi connectivity index (χ2n) is 12.3. The van der Waals surface area contributed by atoms with Crippen molar-refractivity contribution in [3.05, 3.63) is 0 Å². The van der Waals surface area contributed by atoms with Crippen LogP contribution in [0.3, 0.4) is 0 Å². The Morgan fingerprint density at radius 2 is 1.79 bits per heavy atom. The van der Waals surface area contributed by atoms with E-state index in [2.05, 4.69) is 22.9 Å². The first-order valence-electron chi connectivity index (χ1n) is 14.8. The molecule has 1 aliphatic carbocycles. The predicted octanol–water partition coefficient (Wildman–Crippen LogP) is 3.08. The van der Waals surface area contributed by atoms with Crippen molar-refractivity contribution in [2.45, 2.75) is 122 Å². The van der Waals surface area contributed by atoms with Gasteiger partial charge in [-0.2, -0.15) is 0 Å². The van der Waals surface area contributed by atoms with Crippen molar-refractivity contribution in [3.8, 4) is 0 Å². The van der Waals surface area contributed by atoms with Crippen molar-refractivity contribution in [1.82, 2.24) is 20.9 Å². The maximum Gasteiger partial charge on any atom is 0.408 e. The van der Waals surface area contributed by atoms with E-state index < -0.39 is 30.0 Å². The predicted molar refractivity (Wildman–Crippen MR) is 147 cm³/mol. The lowest BCUT2D eigenvalue weighted by Crippen LogP contribution is -2.51. The van der Waals surface area contributed by atoms with Crippen molar-refractivity contribution >= 4 is 30.1 Å². The molecule has 0 aromatic heterocycles. The summed E-state index contributed by atoms with van der Waals surface area (Å²) in [6.07, 6.45) is 8.57. The van der Waals surface area contributed by atoms with Crippen LogP contribution in [-0.2, 0) is 23.9 Å². The third kappa shape index (κ3) is 8.93. The third-order valence-corrected chi connectivity index (χ3v) is 8.67. The first kappa shape index (κ1) is 30.9. The fraction of sp³-hybridized carbons (Fsp3) is 0.828. The van der Waals surface area contributed by atoms with Gasteiger partial charge in [0.25, 0.3) is 0 Å². The van der Waals surface area contributed by atoms with Gasteiger partial charge in [-0.1, -0.05) is 33.6 Å². The Labute approximate surface area is 232 Å². The smallest absolute Gasteiger partial charge is 0.408 e. The number of ether oxygens (including phenoxy) is 1. The maximum atomic E-state index is 13.2. The van der Waals surface area contributed by atoms with E-state index in [9.17, 15) is 24.0 Å². The highest BCUT2D eigenvalue weighted by Gasteiger charge is 2.46. The van der Waals surface area contributed by atoms with Crippen LogP contribution in [0.5, 0.6) is 0 Å². The molecule has 220 valence electrons. The number of hydrogen-bond acceptors (Lipinski definition) is 6. The van der Waals surface area contributed by atoms with Gasteiger partial charge in [0.05, 0.1) is 6.04 Å². The SMILES string of the molecule is CCCC1CCC(OC(=O)N[C@@H](CC(C)C)C(=O)NC(C=O)CC2CC3(CCN(C(C)=O)CC3)NC2=O)CC1. The number of hydrogen-bond donors (Lipinski definition) is 3. The topological polar surface area (TPSA) is 134 Å². The van der Waals surface area contributed by atoms with Gasteiger partial charge >= 0.3 is 6.09 Å². The monoisotopic (exact) mass is 548 g/mol. The number of nitrogens with zero attached hydrogens (tertiary/aromatic N) is 1. The largest absolute Gasteiger partial charge is 0.446 e. The van der Waals surface area contributed by atoms with E-state index in [4.69, 9.17) is 4.74 Å².